The number of hydrogen-bond donors (Lipinski definition) is 0. The molecule has 1 fully saturated rings. The summed E-state index contributed by atoms with van der Waals surface area (Å²) in [5.41, 5.74) is 2.06. The summed E-state index contributed by atoms with van der Waals surface area (Å²) in [5, 5.41) is 0. The fourth-order valence-electron chi connectivity index (χ4n) is 3.61. The number of aryl methyl sites for hydroxylation is 2. The molecule has 2 atom stereocenters. The highest BCUT2D eigenvalue weighted by molar-refractivity contribution is 5.81. The van der Waals surface area contributed by atoms with Crippen LogP contribution in [0.25, 0.3) is 22.6 Å². The van der Waals surface area contributed by atoms with Gasteiger partial charge in [0.2, 0.25) is 5.88 Å². The van der Waals surface area contributed by atoms with Crippen molar-refractivity contribution in [1.29, 1.82) is 0 Å². The van der Waals surface area contributed by atoms with Crippen LogP contribution in [0.2, 0.25) is 0 Å². The maximum absolute atomic E-state index is 12.4. The lowest BCUT2D eigenvalue weighted by Gasteiger charge is -2.22. The third-order valence-corrected chi connectivity index (χ3v) is 5.86. The molecule has 0 radical (unpaired) electrons. The molecule has 0 bridgehead atoms. The number of nitrogens with zero attached hydrogens (tertiary/aromatic N) is 8. The molecule has 11 heteroatoms. The Balaban J connectivity index is 1.49. The van der Waals surface area contributed by atoms with Crippen molar-refractivity contribution in [3.05, 3.63) is 24.5 Å². The van der Waals surface area contributed by atoms with Crippen LogP contribution in [0.5, 0.6) is 5.88 Å². The summed E-state index contributed by atoms with van der Waals surface area (Å²) in [7, 11) is 3.91. The Hall–Kier alpha value is -3.34. The zero-order chi connectivity index (χ0) is 23.5. The van der Waals surface area contributed by atoms with Crippen LogP contribution in [-0.4, -0.2) is 91.3 Å². The van der Waals surface area contributed by atoms with Crippen molar-refractivity contribution >= 4 is 17.3 Å². The van der Waals surface area contributed by atoms with E-state index in [1.807, 2.05) is 44.3 Å². The minimum absolute atomic E-state index is 0.153. The predicted molar refractivity (Wildman–Crippen MR) is 122 cm³/mol. The maximum atomic E-state index is 12.4. The topological polar surface area (TPSA) is 111 Å². The summed E-state index contributed by atoms with van der Waals surface area (Å²) in [5.74, 6) is 1.81. The van der Waals surface area contributed by atoms with Crippen LogP contribution in [0.15, 0.2) is 18.7 Å². The Kier molecular flexibility index (Phi) is 6.68. The van der Waals surface area contributed by atoms with Gasteiger partial charge in [-0.05, 0) is 34.9 Å². The summed E-state index contributed by atoms with van der Waals surface area (Å²) < 4.78 is 13.6. The number of aromatic nitrogens is 6. The summed E-state index contributed by atoms with van der Waals surface area (Å²) in [6.45, 7) is 7.91. The zero-order valence-corrected chi connectivity index (χ0v) is 19.7. The molecule has 176 valence electrons. The molecule has 0 aromatic carbocycles. The predicted octanol–water partition coefficient (Wildman–Crippen LogP) is 2.15. The minimum Gasteiger partial charge on any atom is -0.471 e. The van der Waals surface area contributed by atoms with Crippen LogP contribution in [0.3, 0.4) is 0 Å². The first-order valence-electron chi connectivity index (χ1n) is 11.1. The monoisotopic (exact) mass is 454 g/mol. The van der Waals surface area contributed by atoms with E-state index in [9.17, 15) is 4.79 Å². The number of fused-ring (bicyclic) bond motifs is 1. The quantitative estimate of drug-likeness (QED) is 0.530. The standard InChI is InChI=1S/C22H30N8O3/c1-6-30-19(16-9-23-15(3)24-10-16)27-18-20(30)25-13-26-21(18)33-17-7-8-29(11-17)22(31)32-12-14(2)28(4)5/h9-10,13-14,17H,6-8,11-12H2,1-5H3/t14?,17-/m0/s1. The lowest BCUT2D eigenvalue weighted by atomic mass is 10.3. The Morgan fingerprint density at radius 2 is 2.00 bits per heavy atom. The number of likely N-dealkylation sites (tertiary alicyclic amines) is 1. The average Bonchev–Trinajstić information content (AvgIpc) is 3.42. The van der Waals surface area contributed by atoms with E-state index in [0.717, 1.165) is 5.56 Å². The molecule has 1 aliphatic rings. The maximum Gasteiger partial charge on any atom is 0.409 e. The smallest absolute Gasteiger partial charge is 0.409 e. The lowest BCUT2D eigenvalue weighted by molar-refractivity contribution is 0.0834. The van der Waals surface area contributed by atoms with E-state index < -0.39 is 0 Å². The summed E-state index contributed by atoms with van der Waals surface area (Å²) in [6, 6.07) is 0.153. The molecule has 1 saturated heterocycles. The van der Waals surface area contributed by atoms with E-state index >= 15 is 0 Å². The molecule has 3 aromatic rings. The fourth-order valence-corrected chi connectivity index (χ4v) is 3.61. The van der Waals surface area contributed by atoms with Gasteiger partial charge in [-0.2, -0.15) is 4.98 Å². The van der Waals surface area contributed by atoms with Crippen LogP contribution in [0.1, 0.15) is 26.1 Å². The van der Waals surface area contributed by atoms with Gasteiger partial charge >= 0.3 is 6.09 Å². The molecule has 0 spiro atoms. The van der Waals surface area contributed by atoms with Gasteiger partial charge in [-0.15, -0.1) is 0 Å². The molecule has 4 heterocycles. The third kappa shape index (κ3) is 4.87. The summed E-state index contributed by atoms with van der Waals surface area (Å²) in [6.07, 6.45) is 5.16. The molecule has 1 aliphatic heterocycles. The van der Waals surface area contributed by atoms with Gasteiger partial charge in [0.25, 0.3) is 0 Å². The van der Waals surface area contributed by atoms with E-state index in [0.29, 0.717) is 61.4 Å². The van der Waals surface area contributed by atoms with Gasteiger partial charge < -0.3 is 23.8 Å². The van der Waals surface area contributed by atoms with Crippen molar-refractivity contribution < 1.29 is 14.3 Å². The molecule has 1 amide bonds. The normalized spacial score (nSPS) is 17.0. The van der Waals surface area contributed by atoms with Gasteiger partial charge in [0.15, 0.2) is 11.2 Å². The van der Waals surface area contributed by atoms with Crippen molar-refractivity contribution in [1.82, 2.24) is 39.3 Å². The van der Waals surface area contributed by atoms with E-state index in [1.54, 1.807) is 17.3 Å². The van der Waals surface area contributed by atoms with Crippen molar-refractivity contribution in [2.24, 2.45) is 0 Å². The van der Waals surface area contributed by atoms with Gasteiger partial charge in [-0.25, -0.2) is 24.7 Å². The van der Waals surface area contributed by atoms with Gasteiger partial charge in [-0.1, -0.05) is 0 Å². The van der Waals surface area contributed by atoms with E-state index in [-0.39, 0.29) is 18.2 Å². The van der Waals surface area contributed by atoms with Crippen LogP contribution < -0.4 is 4.74 Å². The largest absolute Gasteiger partial charge is 0.471 e. The first-order chi connectivity index (χ1) is 15.9. The number of likely N-dealkylation sites (N-methyl/N-ethyl adjacent to an activating group) is 1. The highest BCUT2D eigenvalue weighted by Crippen LogP contribution is 2.29. The molecule has 0 N–H and O–H groups in total. The van der Waals surface area contributed by atoms with Crippen molar-refractivity contribution in [3.63, 3.8) is 0 Å². The molecule has 1 unspecified atom stereocenters. The van der Waals surface area contributed by atoms with Crippen LogP contribution in [-0.2, 0) is 11.3 Å². The van der Waals surface area contributed by atoms with Crippen molar-refractivity contribution in [3.8, 4) is 17.3 Å². The van der Waals surface area contributed by atoms with Crippen LogP contribution in [0.4, 0.5) is 4.79 Å². The van der Waals surface area contributed by atoms with Gasteiger partial charge in [-0.3, -0.25) is 0 Å². The Morgan fingerprint density at radius 1 is 1.24 bits per heavy atom. The first-order valence-corrected chi connectivity index (χ1v) is 11.1. The van der Waals surface area contributed by atoms with Crippen LogP contribution in [0, 0.1) is 6.92 Å². The molecule has 3 aromatic heterocycles. The highest BCUT2D eigenvalue weighted by atomic mass is 16.6. The number of rotatable bonds is 7. The average molecular weight is 455 g/mol. The molecular formula is C22H30N8O3. The van der Waals surface area contributed by atoms with Gasteiger partial charge in [0, 0.05) is 37.9 Å². The van der Waals surface area contributed by atoms with Crippen molar-refractivity contribution in [2.75, 3.05) is 33.8 Å². The number of ether oxygens (including phenoxy) is 2. The summed E-state index contributed by atoms with van der Waals surface area (Å²) >= 11 is 0. The zero-order valence-electron chi connectivity index (χ0n) is 19.7. The minimum atomic E-state index is -0.320. The van der Waals surface area contributed by atoms with Gasteiger partial charge in [0.1, 0.15) is 30.7 Å². The SMILES string of the molecule is CCn1c(-c2cnc(C)nc2)nc2c(O[C@H]3CCN(C(=O)OCC(C)N(C)C)C3)ncnc21. The van der Waals surface area contributed by atoms with E-state index in [1.165, 1.54) is 6.33 Å². The van der Waals surface area contributed by atoms with Crippen molar-refractivity contribution in [2.45, 2.75) is 45.9 Å². The fraction of sp³-hybridized carbons (Fsp3) is 0.545. The second-order valence-electron chi connectivity index (χ2n) is 8.41. The molecule has 0 saturated carbocycles. The third-order valence-electron chi connectivity index (χ3n) is 5.86. The van der Waals surface area contributed by atoms with Crippen LogP contribution >= 0.6 is 0 Å². The summed E-state index contributed by atoms with van der Waals surface area (Å²) in [4.78, 5) is 38.2. The molecule has 33 heavy (non-hydrogen) atoms. The molecule has 4 rings (SSSR count). The molecule has 0 aliphatic carbocycles. The number of hydrogen-bond acceptors (Lipinski definition) is 9. The first kappa shape index (κ1) is 22.8. The lowest BCUT2D eigenvalue weighted by Crippen LogP contribution is -2.36. The number of carbonyl (C=O) groups excluding carboxylic acids is 1. The molecular weight excluding hydrogens is 424 g/mol. The Morgan fingerprint density at radius 3 is 2.70 bits per heavy atom. The molecule has 11 nitrogen and oxygen atoms in total. The number of amides is 1. The highest BCUT2D eigenvalue weighted by Gasteiger charge is 2.30. The number of carbonyl (C=O) groups is 1. The second kappa shape index (κ2) is 9.65. The Labute approximate surface area is 192 Å². The van der Waals surface area contributed by atoms with E-state index in [4.69, 9.17) is 14.5 Å². The van der Waals surface area contributed by atoms with Gasteiger partial charge in [0.05, 0.1) is 12.1 Å². The Bertz CT molecular complexity index is 1110. The second-order valence-corrected chi connectivity index (χ2v) is 8.41. The van der Waals surface area contributed by atoms with E-state index in [2.05, 4.69) is 19.9 Å². The number of imidazole rings is 1.